The number of nitrogens with zero attached hydrogens (tertiary/aromatic N) is 1. The number of hydrogen-bond acceptors (Lipinski definition) is 3. The molecule has 5 heteroatoms. The number of fused-ring (bicyclic) bond motifs is 1. The molecule has 2 N–H and O–H groups in total. The molecule has 5 nitrogen and oxygen atoms in total. The number of methoxy groups -OCH3 is 1. The van der Waals surface area contributed by atoms with Crippen LogP contribution in [0.5, 0.6) is 5.75 Å². The van der Waals surface area contributed by atoms with Crippen molar-refractivity contribution in [2.24, 2.45) is 0 Å². The maximum absolute atomic E-state index is 12.0. The van der Waals surface area contributed by atoms with Gasteiger partial charge >= 0.3 is 0 Å². The van der Waals surface area contributed by atoms with Gasteiger partial charge in [0.15, 0.2) is 0 Å². The maximum atomic E-state index is 12.0. The van der Waals surface area contributed by atoms with E-state index in [4.69, 9.17) is 4.74 Å². The smallest absolute Gasteiger partial charge is 0.272 e. The van der Waals surface area contributed by atoms with Crippen LogP contribution in [0.25, 0.3) is 10.9 Å². The van der Waals surface area contributed by atoms with E-state index in [1.54, 1.807) is 7.11 Å². The largest absolute Gasteiger partial charge is 0.494 e. The standard InChI is InChI=1S/C16H25N3O2/c1-4-9-19(10-5-2)11-8-12-6-7-13(21-3)15-14(12)16(20)18-17-15/h6-7H,4-5,8-11H2,1-3H3,(H2,17,18,20). The molecule has 0 saturated carbocycles. The number of H-pyrrole nitrogens is 2. The Morgan fingerprint density at radius 3 is 2.43 bits per heavy atom. The van der Waals surface area contributed by atoms with Gasteiger partial charge in [-0.15, -0.1) is 0 Å². The first-order chi connectivity index (χ1) is 10.2. The Hall–Kier alpha value is -1.75. The third kappa shape index (κ3) is 3.47. The summed E-state index contributed by atoms with van der Waals surface area (Å²) in [5.41, 5.74) is 1.76. The van der Waals surface area contributed by atoms with E-state index in [0.29, 0.717) is 5.75 Å². The molecule has 0 atom stereocenters. The summed E-state index contributed by atoms with van der Waals surface area (Å²) in [4.78, 5) is 14.5. The molecule has 0 unspecified atom stereocenters. The van der Waals surface area contributed by atoms with Gasteiger partial charge in [-0.3, -0.25) is 15.0 Å². The highest BCUT2D eigenvalue weighted by Crippen LogP contribution is 2.24. The van der Waals surface area contributed by atoms with Crippen LogP contribution in [0, 0.1) is 0 Å². The molecule has 1 aromatic carbocycles. The molecule has 0 saturated heterocycles. The van der Waals surface area contributed by atoms with Crippen molar-refractivity contribution in [2.45, 2.75) is 33.1 Å². The summed E-state index contributed by atoms with van der Waals surface area (Å²) in [6.45, 7) is 7.59. The normalized spacial score (nSPS) is 11.4. The average Bonchev–Trinajstić information content (AvgIpc) is 2.88. The molecular formula is C16H25N3O2. The fourth-order valence-corrected chi connectivity index (χ4v) is 2.82. The third-order valence-corrected chi connectivity index (χ3v) is 3.78. The van der Waals surface area contributed by atoms with E-state index >= 15 is 0 Å². The van der Waals surface area contributed by atoms with Gasteiger partial charge in [-0.1, -0.05) is 19.9 Å². The van der Waals surface area contributed by atoms with Gasteiger partial charge in [0.2, 0.25) is 0 Å². The molecule has 21 heavy (non-hydrogen) atoms. The summed E-state index contributed by atoms with van der Waals surface area (Å²) in [6, 6.07) is 3.92. The van der Waals surface area contributed by atoms with Crippen LogP contribution in [0.2, 0.25) is 0 Å². The van der Waals surface area contributed by atoms with Crippen LogP contribution in [0.1, 0.15) is 32.3 Å². The lowest BCUT2D eigenvalue weighted by atomic mass is 10.1. The predicted octanol–water partition coefficient (Wildman–Crippen LogP) is 2.53. The van der Waals surface area contributed by atoms with Crippen molar-refractivity contribution in [3.05, 3.63) is 28.0 Å². The first-order valence-electron chi connectivity index (χ1n) is 7.69. The second kappa shape index (κ2) is 7.31. The van der Waals surface area contributed by atoms with Crippen LogP contribution in [0.3, 0.4) is 0 Å². The van der Waals surface area contributed by atoms with Crippen molar-refractivity contribution in [1.29, 1.82) is 0 Å². The second-order valence-corrected chi connectivity index (χ2v) is 5.35. The minimum atomic E-state index is -0.0727. The van der Waals surface area contributed by atoms with Gasteiger partial charge in [0.05, 0.1) is 12.5 Å². The molecule has 0 bridgehead atoms. The van der Waals surface area contributed by atoms with Crippen LogP contribution in [0.4, 0.5) is 0 Å². The van der Waals surface area contributed by atoms with Crippen molar-refractivity contribution in [3.8, 4) is 5.75 Å². The van der Waals surface area contributed by atoms with Crippen molar-refractivity contribution in [3.63, 3.8) is 0 Å². The molecule has 0 radical (unpaired) electrons. The monoisotopic (exact) mass is 291 g/mol. The molecule has 0 amide bonds. The lowest BCUT2D eigenvalue weighted by Crippen LogP contribution is -2.28. The molecule has 0 aliphatic rings. The van der Waals surface area contributed by atoms with Crippen LogP contribution >= 0.6 is 0 Å². The third-order valence-electron chi connectivity index (χ3n) is 3.78. The number of benzene rings is 1. The molecule has 0 aliphatic carbocycles. The first-order valence-corrected chi connectivity index (χ1v) is 7.69. The van der Waals surface area contributed by atoms with Crippen LogP contribution in [0.15, 0.2) is 16.9 Å². The molecule has 0 aliphatic heterocycles. The van der Waals surface area contributed by atoms with Gasteiger partial charge < -0.3 is 9.64 Å². The van der Waals surface area contributed by atoms with E-state index in [0.717, 1.165) is 55.4 Å². The second-order valence-electron chi connectivity index (χ2n) is 5.35. The highest BCUT2D eigenvalue weighted by Gasteiger charge is 2.13. The van der Waals surface area contributed by atoms with E-state index in [-0.39, 0.29) is 5.56 Å². The SMILES string of the molecule is CCCN(CCC)CCc1ccc(OC)c2[nH][nH]c(=O)c12. The average molecular weight is 291 g/mol. The number of aromatic amines is 2. The lowest BCUT2D eigenvalue weighted by Gasteiger charge is -2.21. The lowest BCUT2D eigenvalue weighted by molar-refractivity contribution is 0.278. The van der Waals surface area contributed by atoms with Gasteiger partial charge in [-0.2, -0.15) is 0 Å². The highest BCUT2D eigenvalue weighted by atomic mass is 16.5. The van der Waals surface area contributed by atoms with E-state index in [9.17, 15) is 4.79 Å². The first kappa shape index (κ1) is 15.6. The van der Waals surface area contributed by atoms with Crippen LogP contribution in [-0.2, 0) is 6.42 Å². The zero-order valence-corrected chi connectivity index (χ0v) is 13.2. The molecule has 0 spiro atoms. The Bertz CT molecular complexity index is 624. The summed E-state index contributed by atoms with van der Waals surface area (Å²) in [5, 5.41) is 6.29. The summed E-state index contributed by atoms with van der Waals surface area (Å²) >= 11 is 0. The topological polar surface area (TPSA) is 61.1 Å². The minimum Gasteiger partial charge on any atom is -0.494 e. The Morgan fingerprint density at radius 2 is 1.81 bits per heavy atom. The quantitative estimate of drug-likeness (QED) is 0.785. The molecule has 116 valence electrons. The predicted molar refractivity (Wildman–Crippen MR) is 86.2 cm³/mol. The minimum absolute atomic E-state index is 0.0727. The Balaban J connectivity index is 2.22. The van der Waals surface area contributed by atoms with Crippen molar-refractivity contribution in [2.75, 3.05) is 26.7 Å². The van der Waals surface area contributed by atoms with Gasteiger partial charge in [0.25, 0.3) is 5.56 Å². The number of hydrogen-bond donors (Lipinski definition) is 2. The Kier molecular flexibility index (Phi) is 5.44. The van der Waals surface area contributed by atoms with E-state index < -0.39 is 0 Å². The van der Waals surface area contributed by atoms with Crippen LogP contribution in [-0.4, -0.2) is 41.8 Å². The number of ether oxygens (including phenoxy) is 1. The zero-order chi connectivity index (χ0) is 15.2. The number of aromatic nitrogens is 2. The van der Waals surface area contributed by atoms with Gasteiger partial charge in [-0.05, 0) is 44.0 Å². The van der Waals surface area contributed by atoms with E-state index in [1.807, 2.05) is 12.1 Å². The maximum Gasteiger partial charge on any atom is 0.272 e. The Labute approximate surface area is 125 Å². The molecular weight excluding hydrogens is 266 g/mol. The van der Waals surface area contributed by atoms with Crippen molar-refractivity contribution >= 4 is 10.9 Å². The van der Waals surface area contributed by atoms with Crippen LogP contribution < -0.4 is 10.3 Å². The summed E-state index contributed by atoms with van der Waals surface area (Å²) in [5.74, 6) is 0.700. The number of rotatable bonds is 8. The van der Waals surface area contributed by atoms with Crippen molar-refractivity contribution in [1.82, 2.24) is 15.1 Å². The van der Waals surface area contributed by atoms with E-state index in [2.05, 4.69) is 28.9 Å². The summed E-state index contributed by atoms with van der Waals surface area (Å²) in [6.07, 6.45) is 3.19. The highest BCUT2D eigenvalue weighted by molar-refractivity contribution is 5.87. The summed E-state index contributed by atoms with van der Waals surface area (Å²) < 4.78 is 5.30. The molecule has 1 heterocycles. The van der Waals surface area contributed by atoms with Crippen molar-refractivity contribution < 1.29 is 4.74 Å². The molecule has 1 aromatic heterocycles. The zero-order valence-electron chi connectivity index (χ0n) is 13.2. The van der Waals surface area contributed by atoms with Gasteiger partial charge in [-0.25, -0.2) is 0 Å². The molecule has 2 rings (SSSR count). The fourth-order valence-electron chi connectivity index (χ4n) is 2.82. The summed E-state index contributed by atoms with van der Waals surface area (Å²) in [7, 11) is 1.62. The number of nitrogens with one attached hydrogen (secondary N) is 2. The fraction of sp³-hybridized carbons (Fsp3) is 0.562. The molecule has 2 aromatic rings. The molecule has 0 fully saturated rings. The van der Waals surface area contributed by atoms with E-state index in [1.165, 1.54) is 0 Å². The Morgan fingerprint density at radius 1 is 1.10 bits per heavy atom. The van der Waals surface area contributed by atoms with Gasteiger partial charge in [0.1, 0.15) is 11.3 Å². The van der Waals surface area contributed by atoms with Gasteiger partial charge in [0, 0.05) is 6.54 Å².